The van der Waals surface area contributed by atoms with Gasteiger partial charge in [0.25, 0.3) is 5.69 Å². The Labute approximate surface area is 144 Å². The first-order chi connectivity index (χ1) is 11.3. The van der Waals surface area contributed by atoms with Crippen LogP contribution in [0, 0.1) is 10.1 Å². The lowest BCUT2D eigenvalue weighted by Crippen LogP contribution is -2.00. The first-order valence-corrected chi connectivity index (χ1v) is 8.10. The monoisotopic (exact) mass is 343 g/mol. The first-order valence-electron chi connectivity index (χ1n) is 7.29. The highest BCUT2D eigenvalue weighted by Gasteiger charge is 2.19. The summed E-state index contributed by atoms with van der Waals surface area (Å²) in [4.78, 5) is 23.3. The summed E-state index contributed by atoms with van der Waals surface area (Å²) >= 11 is 1.31. The van der Waals surface area contributed by atoms with Crippen molar-refractivity contribution in [3.63, 3.8) is 0 Å². The average Bonchev–Trinajstić information content (AvgIpc) is 2.54. The maximum Gasteiger partial charge on any atom is 0.335 e. The molecule has 2 rings (SSSR count). The summed E-state index contributed by atoms with van der Waals surface area (Å²) in [5, 5.41) is 20.4. The van der Waals surface area contributed by atoms with Gasteiger partial charge < -0.3 is 5.11 Å². The Bertz CT molecular complexity index is 814. The molecule has 0 aliphatic carbocycles. The number of benzene rings is 2. The molecule has 1 N–H and O–H groups in total. The summed E-state index contributed by atoms with van der Waals surface area (Å²) in [6.45, 7) is 7.57. The summed E-state index contributed by atoms with van der Waals surface area (Å²) in [6, 6.07) is 12.1. The van der Waals surface area contributed by atoms with Gasteiger partial charge in [0.05, 0.1) is 15.4 Å². The minimum absolute atomic E-state index is 0.126. The number of aliphatic carboxylic acids is 1. The summed E-state index contributed by atoms with van der Waals surface area (Å²) < 4.78 is 0. The number of hydrogen-bond donors (Lipinski definition) is 1. The molecule has 0 radical (unpaired) electrons. The van der Waals surface area contributed by atoms with E-state index >= 15 is 0 Å². The Hall–Kier alpha value is -2.60. The second-order valence-corrected chi connectivity index (χ2v) is 6.60. The normalized spacial score (nSPS) is 10.6. The molecule has 0 heterocycles. The second-order valence-electron chi connectivity index (χ2n) is 5.52. The third-order valence-electron chi connectivity index (χ3n) is 3.52. The molecule has 0 amide bonds. The fourth-order valence-electron chi connectivity index (χ4n) is 2.23. The molecular weight excluding hydrogens is 326 g/mol. The van der Waals surface area contributed by atoms with Crippen molar-refractivity contribution in [2.24, 2.45) is 0 Å². The summed E-state index contributed by atoms with van der Waals surface area (Å²) in [5.41, 5.74) is 1.04. The minimum Gasteiger partial charge on any atom is -0.478 e. The number of nitro benzene ring substituents is 1. The topological polar surface area (TPSA) is 80.4 Å². The van der Waals surface area contributed by atoms with E-state index in [4.69, 9.17) is 5.11 Å². The zero-order valence-electron chi connectivity index (χ0n) is 13.4. The highest BCUT2D eigenvalue weighted by molar-refractivity contribution is 7.99. The SMILES string of the molecule is C=C(C(=O)O)c1ccc(Sc2ccccc2C(C)C)c([N+](=O)[O-])c1. The molecule has 0 aliphatic rings. The average molecular weight is 343 g/mol. The van der Waals surface area contributed by atoms with Gasteiger partial charge in [-0.25, -0.2) is 4.79 Å². The molecular formula is C18H17NO4S. The molecule has 24 heavy (non-hydrogen) atoms. The Kier molecular flexibility index (Phi) is 5.41. The molecule has 0 aromatic heterocycles. The van der Waals surface area contributed by atoms with E-state index in [1.165, 1.54) is 17.8 Å². The van der Waals surface area contributed by atoms with Gasteiger partial charge in [0.2, 0.25) is 0 Å². The van der Waals surface area contributed by atoms with E-state index in [2.05, 4.69) is 20.4 Å². The zero-order valence-corrected chi connectivity index (χ0v) is 14.2. The highest BCUT2D eigenvalue weighted by Crippen LogP contribution is 2.39. The van der Waals surface area contributed by atoms with Crippen LogP contribution in [0.3, 0.4) is 0 Å². The lowest BCUT2D eigenvalue weighted by atomic mass is 10.0. The van der Waals surface area contributed by atoms with Crippen LogP contribution in [-0.4, -0.2) is 16.0 Å². The van der Waals surface area contributed by atoms with Gasteiger partial charge in [-0.3, -0.25) is 10.1 Å². The molecule has 6 heteroatoms. The molecule has 2 aromatic rings. The Balaban J connectivity index is 2.46. The number of nitrogens with zero attached hydrogens (tertiary/aromatic N) is 1. The Morgan fingerprint density at radius 1 is 1.21 bits per heavy atom. The van der Waals surface area contributed by atoms with Gasteiger partial charge in [-0.15, -0.1) is 0 Å². The number of carboxylic acid groups (broad SMARTS) is 1. The smallest absolute Gasteiger partial charge is 0.335 e. The van der Waals surface area contributed by atoms with Crippen molar-refractivity contribution < 1.29 is 14.8 Å². The van der Waals surface area contributed by atoms with Crippen LogP contribution in [0.15, 0.2) is 58.8 Å². The van der Waals surface area contributed by atoms with Crippen molar-refractivity contribution in [3.8, 4) is 0 Å². The number of nitro groups is 1. The van der Waals surface area contributed by atoms with E-state index < -0.39 is 10.9 Å². The largest absolute Gasteiger partial charge is 0.478 e. The molecule has 5 nitrogen and oxygen atoms in total. The predicted octanol–water partition coefficient (Wildman–Crippen LogP) is 4.97. The van der Waals surface area contributed by atoms with E-state index in [1.54, 1.807) is 12.1 Å². The van der Waals surface area contributed by atoms with E-state index in [1.807, 2.05) is 24.3 Å². The molecule has 0 atom stereocenters. The van der Waals surface area contributed by atoms with Crippen LogP contribution in [0.4, 0.5) is 5.69 Å². The second kappa shape index (κ2) is 7.31. The van der Waals surface area contributed by atoms with Crippen molar-refractivity contribution in [2.75, 3.05) is 0 Å². The summed E-state index contributed by atoms with van der Waals surface area (Å²) in [5.74, 6) is -0.909. The molecule has 0 unspecified atom stereocenters. The van der Waals surface area contributed by atoms with Crippen LogP contribution in [0.1, 0.15) is 30.9 Å². The molecule has 2 aromatic carbocycles. The van der Waals surface area contributed by atoms with Crippen molar-refractivity contribution in [3.05, 3.63) is 70.3 Å². The summed E-state index contributed by atoms with van der Waals surface area (Å²) in [7, 11) is 0. The van der Waals surface area contributed by atoms with E-state index in [-0.39, 0.29) is 16.8 Å². The Morgan fingerprint density at radius 3 is 2.46 bits per heavy atom. The molecule has 0 saturated carbocycles. The van der Waals surface area contributed by atoms with Gasteiger partial charge in [-0.05, 0) is 29.2 Å². The molecule has 0 saturated heterocycles. The van der Waals surface area contributed by atoms with Crippen LogP contribution >= 0.6 is 11.8 Å². The molecule has 0 spiro atoms. The van der Waals surface area contributed by atoms with Crippen LogP contribution in [0.25, 0.3) is 5.57 Å². The highest BCUT2D eigenvalue weighted by atomic mass is 32.2. The fraction of sp³-hybridized carbons (Fsp3) is 0.167. The predicted molar refractivity (Wildman–Crippen MR) is 94.4 cm³/mol. The van der Waals surface area contributed by atoms with Crippen molar-refractivity contribution in [2.45, 2.75) is 29.6 Å². The maximum absolute atomic E-state index is 11.4. The van der Waals surface area contributed by atoms with Crippen molar-refractivity contribution >= 4 is 29.0 Å². The van der Waals surface area contributed by atoms with Crippen molar-refractivity contribution in [1.29, 1.82) is 0 Å². The van der Waals surface area contributed by atoms with Crippen LogP contribution in [0.2, 0.25) is 0 Å². The molecule has 0 fully saturated rings. The van der Waals surface area contributed by atoms with Gasteiger partial charge in [-0.1, -0.05) is 56.5 Å². The molecule has 0 bridgehead atoms. The Morgan fingerprint density at radius 2 is 1.88 bits per heavy atom. The lowest BCUT2D eigenvalue weighted by Gasteiger charge is -2.12. The van der Waals surface area contributed by atoms with Gasteiger partial charge in [-0.2, -0.15) is 0 Å². The molecule has 124 valence electrons. The number of hydrogen-bond acceptors (Lipinski definition) is 4. The maximum atomic E-state index is 11.4. The van der Waals surface area contributed by atoms with Gasteiger partial charge in [0, 0.05) is 11.0 Å². The number of carboxylic acids is 1. The summed E-state index contributed by atoms with van der Waals surface area (Å²) in [6.07, 6.45) is 0. The van der Waals surface area contributed by atoms with E-state index in [0.717, 1.165) is 10.5 Å². The van der Waals surface area contributed by atoms with Gasteiger partial charge >= 0.3 is 5.97 Å². The van der Waals surface area contributed by atoms with Crippen LogP contribution < -0.4 is 0 Å². The van der Waals surface area contributed by atoms with Gasteiger partial charge in [0.1, 0.15) is 0 Å². The lowest BCUT2D eigenvalue weighted by molar-refractivity contribution is -0.387. The standard InChI is InChI=1S/C18H17NO4S/c1-11(2)14-6-4-5-7-16(14)24-17-9-8-13(12(3)18(20)21)10-15(17)19(22)23/h4-11H,3H2,1-2H3,(H,20,21). The third kappa shape index (κ3) is 3.83. The minimum atomic E-state index is -1.20. The van der Waals surface area contributed by atoms with Crippen LogP contribution in [-0.2, 0) is 4.79 Å². The number of rotatable bonds is 6. The van der Waals surface area contributed by atoms with E-state index in [9.17, 15) is 14.9 Å². The van der Waals surface area contributed by atoms with E-state index in [0.29, 0.717) is 10.8 Å². The third-order valence-corrected chi connectivity index (χ3v) is 4.68. The zero-order chi connectivity index (χ0) is 17.9. The molecule has 0 aliphatic heterocycles. The fourth-order valence-corrected chi connectivity index (χ4v) is 3.41. The quantitative estimate of drug-likeness (QED) is 0.455. The van der Waals surface area contributed by atoms with Crippen LogP contribution in [0.5, 0.6) is 0 Å². The first kappa shape index (κ1) is 17.7. The van der Waals surface area contributed by atoms with Crippen molar-refractivity contribution in [1.82, 2.24) is 0 Å². The number of carbonyl (C=O) groups is 1. The van der Waals surface area contributed by atoms with Gasteiger partial charge in [0.15, 0.2) is 0 Å².